The minimum Gasteiger partial charge on any atom is -0.326 e. The third-order valence-corrected chi connectivity index (χ3v) is 6.28. The lowest BCUT2D eigenvalue weighted by molar-refractivity contribution is -0.116. The zero-order valence-corrected chi connectivity index (χ0v) is 16.2. The van der Waals surface area contributed by atoms with Crippen molar-refractivity contribution in [1.82, 2.24) is 10.0 Å². The van der Waals surface area contributed by atoms with Crippen LogP contribution in [0.1, 0.15) is 27.2 Å². The van der Waals surface area contributed by atoms with Crippen LogP contribution in [0.5, 0.6) is 0 Å². The van der Waals surface area contributed by atoms with Crippen LogP contribution in [0.2, 0.25) is 0 Å². The highest BCUT2D eigenvalue weighted by molar-refractivity contribution is 7.99. The quantitative estimate of drug-likeness (QED) is 0.716. The van der Waals surface area contributed by atoms with Crippen LogP contribution in [0, 0.1) is 5.82 Å². The minimum absolute atomic E-state index is 0.0879. The number of halogens is 1. The van der Waals surface area contributed by atoms with Crippen LogP contribution >= 0.6 is 11.8 Å². The number of sulfonamides is 1. The number of rotatable bonds is 5. The second-order valence-corrected chi connectivity index (χ2v) is 9.78. The number of amides is 1. The lowest BCUT2D eigenvalue weighted by atomic mass is 10.1. The van der Waals surface area contributed by atoms with Crippen molar-refractivity contribution in [1.29, 1.82) is 0 Å². The molecular weight excluding hydrogens is 365 g/mol. The molecule has 9 heteroatoms. The topological polar surface area (TPSA) is 87.3 Å². The predicted molar refractivity (Wildman–Crippen MR) is 98.8 cm³/mol. The van der Waals surface area contributed by atoms with Crippen molar-refractivity contribution in [2.75, 3.05) is 23.4 Å². The standard InChI is InChI=1S/C16H24FN3O3S2/c1-16(2,3)20-25(22,23)14-8-11(4-5-13(14)17)19-15(21)9-12-10-24-7-6-18-12/h4-5,8,12,18,20H,6-7,9-10H2,1-3H3,(H,19,21). The SMILES string of the molecule is CC(C)(C)NS(=O)(=O)c1cc(NC(=O)CC2CSCCN2)ccc1F. The van der Waals surface area contributed by atoms with E-state index >= 15 is 0 Å². The van der Waals surface area contributed by atoms with Crippen molar-refractivity contribution in [3.8, 4) is 0 Å². The van der Waals surface area contributed by atoms with Gasteiger partial charge in [0.1, 0.15) is 10.7 Å². The molecule has 1 aliphatic heterocycles. The van der Waals surface area contributed by atoms with Crippen LogP contribution in [0.3, 0.4) is 0 Å². The van der Waals surface area contributed by atoms with E-state index in [0.29, 0.717) is 0 Å². The van der Waals surface area contributed by atoms with Crippen LogP contribution in [-0.4, -0.2) is 44.0 Å². The maximum Gasteiger partial charge on any atom is 0.244 e. The molecular formula is C16H24FN3O3S2. The van der Waals surface area contributed by atoms with E-state index in [2.05, 4.69) is 15.4 Å². The Labute approximate surface area is 152 Å². The highest BCUT2D eigenvalue weighted by atomic mass is 32.2. The average molecular weight is 390 g/mol. The number of hydrogen-bond acceptors (Lipinski definition) is 5. The van der Waals surface area contributed by atoms with Crippen molar-refractivity contribution in [3.63, 3.8) is 0 Å². The summed E-state index contributed by atoms with van der Waals surface area (Å²) in [6.07, 6.45) is 0.284. The largest absolute Gasteiger partial charge is 0.326 e. The fourth-order valence-corrected chi connectivity index (χ4v) is 4.90. The Hall–Kier alpha value is -1.16. The number of thioether (sulfide) groups is 1. The lowest BCUT2D eigenvalue weighted by Crippen LogP contribution is -2.41. The van der Waals surface area contributed by atoms with Crippen molar-refractivity contribution in [3.05, 3.63) is 24.0 Å². The second-order valence-electron chi connectivity index (χ2n) is 6.98. The Kier molecular flexibility index (Phi) is 6.47. The molecule has 1 aromatic carbocycles. The van der Waals surface area contributed by atoms with Gasteiger partial charge in [0, 0.05) is 41.7 Å². The summed E-state index contributed by atoms with van der Waals surface area (Å²) in [7, 11) is -4.03. The monoisotopic (exact) mass is 389 g/mol. The van der Waals surface area contributed by atoms with Gasteiger partial charge in [0.15, 0.2) is 0 Å². The Morgan fingerprint density at radius 3 is 2.72 bits per heavy atom. The number of benzene rings is 1. The number of carbonyl (C=O) groups excluding carboxylic acids is 1. The average Bonchev–Trinajstić information content (AvgIpc) is 2.47. The summed E-state index contributed by atoms with van der Waals surface area (Å²) in [5.74, 6) is 0.781. The Balaban J connectivity index is 2.11. The van der Waals surface area contributed by atoms with Crippen molar-refractivity contribution >= 4 is 33.4 Å². The smallest absolute Gasteiger partial charge is 0.244 e. The van der Waals surface area contributed by atoms with Gasteiger partial charge in [-0.25, -0.2) is 17.5 Å². The first-order chi connectivity index (χ1) is 11.6. The van der Waals surface area contributed by atoms with Crippen molar-refractivity contribution in [2.45, 2.75) is 43.7 Å². The Bertz CT molecular complexity index is 727. The molecule has 1 atom stereocenters. The van der Waals surface area contributed by atoms with Gasteiger partial charge in [0.2, 0.25) is 15.9 Å². The van der Waals surface area contributed by atoms with Crippen LogP contribution < -0.4 is 15.4 Å². The molecule has 1 aromatic rings. The van der Waals surface area contributed by atoms with Crippen LogP contribution in [0.15, 0.2) is 23.1 Å². The molecule has 1 fully saturated rings. The highest BCUT2D eigenvalue weighted by Gasteiger charge is 2.25. The number of anilines is 1. The highest BCUT2D eigenvalue weighted by Crippen LogP contribution is 2.21. The molecule has 1 amide bonds. The summed E-state index contributed by atoms with van der Waals surface area (Å²) in [6, 6.07) is 3.63. The first kappa shape index (κ1) is 20.2. The van der Waals surface area contributed by atoms with Crippen molar-refractivity contribution < 1.29 is 17.6 Å². The summed E-state index contributed by atoms with van der Waals surface area (Å²) in [5, 5.41) is 5.90. The van der Waals surface area contributed by atoms with Gasteiger partial charge in [0.25, 0.3) is 0 Å². The van der Waals surface area contributed by atoms with Gasteiger partial charge in [-0.3, -0.25) is 4.79 Å². The molecule has 2 rings (SSSR count). The van der Waals surface area contributed by atoms with E-state index in [4.69, 9.17) is 0 Å². The summed E-state index contributed by atoms with van der Waals surface area (Å²) >= 11 is 1.78. The summed E-state index contributed by atoms with van der Waals surface area (Å²) < 4.78 is 41.1. The fraction of sp³-hybridized carbons (Fsp3) is 0.562. The van der Waals surface area contributed by atoms with Gasteiger partial charge >= 0.3 is 0 Å². The van der Waals surface area contributed by atoms with E-state index in [0.717, 1.165) is 30.2 Å². The molecule has 0 spiro atoms. The molecule has 1 saturated heterocycles. The molecule has 1 heterocycles. The van der Waals surface area contributed by atoms with Gasteiger partial charge in [-0.05, 0) is 39.0 Å². The van der Waals surface area contributed by atoms with E-state index in [9.17, 15) is 17.6 Å². The summed E-state index contributed by atoms with van der Waals surface area (Å²) in [4.78, 5) is 11.7. The predicted octanol–water partition coefficient (Wildman–Crippen LogP) is 1.94. The van der Waals surface area contributed by atoms with E-state index in [-0.39, 0.29) is 24.1 Å². The van der Waals surface area contributed by atoms with Gasteiger partial charge in [0.05, 0.1) is 0 Å². The molecule has 6 nitrogen and oxygen atoms in total. The van der Waals surface area contributed by atoms with Gasteiger partial charge < -0.3 is 10.6 Å². The molecule has 3 N–H and O–H groups in total. The third-order valence-electron chi connectivity index (χ3n) is 3.38. The van der Waals surface area contributed by atoms with E-state index in [1.54, 1.807) is 32.5 Å². The molecule has 1 unspecified atom stereocenters. The lowest BCUT2D eigenvalue weighted by Gasteiger charge is -2.22. The van der Waals surface area contributed by atoms with Gasteiger partial charge in [-0.15, -0.1) is 0 Å². The van der Waals surface area contributed by atoms with Crippen molar-refractivity contribution in [2.24, 2.45) is 0 Å². The first-order valence-corrected chi connectivity index (χ1v) is 10.7. The number of carbonyl (C=O) groups is 1. The first-order valence-electron chi connectivity index (χ1n) is 8.01. The van der Waals surface area contributed by atoms with Crippen LogP contribution in [-0.2, 0) is 14.8 Å². The zero-order chi connectivity index (χ0) is 18.7. The Morgan fingerprint density at radius 2 is 2.12 bits per heavy atom. The molecule has 0 bridgehead atoms. The van der Waals surface area contributed by atoms with Crippen LogP contribution in [0.25, 0.3) is 0 Å². The van der Waals surface area contributed by atoms with Gasteiger partial charge in [-0.1, -0.05) is 0 Å². The molecule has 0 aromatic heterocycles. The Morgan fingerprint density at radius 1 is 1.40 bits per heavy atom. The van der Waals surface area contributed by atoms with Crippen LogP contribution in [0.4, 0.5) is 10.1 Å². The maximum atomic E-state index is 14.0. The minimum atomic E-state index is -4.03. The molecule has 0 radical (unpaired) electrons. The number of nitrogens with one attached hydrogen (secondary N) is 3. The van der Waals surface area contributed by atoms with E-state index < -0.39 is 26.3 Å². The molecule has 0 saturated carbocycles. The molecule has 0 aliphatic carbocycles. The second kappa shape index (κ2) is 8.03. The fourth-order valence-electron chi connectivity index (χ4n) is 2.43. The van der Waals surface area contributed by atoms with Gasteiger partial charge in [-0.2, -0.15) is 11.8 Å². The normalized spacial score (nSPS) is 18.8. The molecule has 25 heavy (non-hydrogen) atoms. The summed E-state index contributed by atoms with van der Waals surface area (Å²) in [6.45, 7) is 5.87. The number of hydrogen-bond donors (Lipinski definition) is 3. The van der Waals surface area contributed by atoms with E-state index in [1.807, 2.05) is 0 Å². The maximum absolute atomic E-state index is 14.0. The molecule has 1 aliphatic rings. The molecule has 140 valence electrons. The third kappa shape index (κ3) is 6.25. The zero-order valence-electron chi connectivity index (χ0n) is 14.6. The van der Waals surface area contributed by atoms with E-state index in [1.165, 1.54) is 6.07 Å². The summed E-state index contributed by atoms with van der Waals surface area (Å²) in [5.41, 5.74) is -0.487.